The summed E-state index contributed by atoms with van der Waals surface area (Å²) in [5.41, 5.74) is 2.00. The third kappa shape index (κ3) is 3.01. The molecule has 106 valence electrons. The van der Waals surface area contributed by atoms with Crippen molar-refractivity contribution in [3.05, 3.63) is 59.9 Å². The minimum absolute atomic E-state index is 0.377. The molecule has 0 bridgehead atoms. The Kier molecular flexibility index (Phi) is 3.79. The van der Waals surface area contributed by atoms with Crippen LogP contribution in [-0.4, -0.2) is 17.0 Å². The molecule has 0 radical (unpaired) electrons. The first kappa shape index (κ1) is 13.5. The highest BCUT2D eigenvalue weighted by atomic mass is 16.5. The van der Waals surface area contributed by atoms with Crippen molar-refractivity contribution < 1.29 is 4.74 Å². The largest absolute Gasteiger partial charge is 0.424 e. The van der Waals surface area contributed by atoms with Crippen LogP contribution in [0.4, 0.5) is 0 Å². The Labute approximate surface area is 123 Å². The summed E-state index contributed by atoms with van der Waals surface area (Å²) in [6.45, 7) is 2.71. The zero-order valence-electron chi connectivity index (χ0n) is 12.1. The lowest BCUT2D eigenvalue weighted by Gasteiger charge is -2.08. The van der Waals surface area contributed by atoms with Crippen molar-refractivity contribution in [2.45, 2.75) is 13.5 Å². The molecule has 0 saturated heterocycles. The molecule has 4 nitrogen and oxygen atoms in total. The molecule has 1 N–H and O–H groups in total. The second-order valence-corrected chi connectivity index (χ2v) is 4.90. The van der Waals surface area contributed by atoms with E-state index in [1.165, 1.54) is 5.39 Å². The third-order valence-corrected chi connectivity index (χ3v) is 3.36. The van der Waals surface area contributed by atoms with E-state index in [2.05, 4.69) is 27.4 Å². The van der Waals surface area contributed by atoms with Crippen LogP contribution in [-0.2, 0) is 6.54 Å². The third-order valence-electron chi connectivity index (χ3n) is 3.36. The Morgan fingerprint density at radius 2 is 1.90 bits per heavy atom. The van der Waals surface area contributed by atoms with Gasteiger partial charge in [0.25, 0.3) is 0 Å². The molecule has 0 amide bonds. The fourth-order valence-corrected chi connectivity index (χ4v) is 2.22. The van der Waals surface area contributed by atoms with E-state index in [0.29, 0.717) is 6.01 Å². The van der Waals surface area contributed by atoms with Crippen LogP contribution < -0.4 is 10.1 Å². The van der Waals surface area contributed by atoms with Crippen LogP contribution in [0.3, 0.4) is 0 Å². The maximum Gasteiger partial charge on any atom is 0.322 e. The van der Waals surface area contributed by atoms with Crippen LogP contribution >= 0.6 is 0 Å². The number of benzene rings is 2. The molecule has 21 heavy (non-hydrogen) atoms. The quantitative estimate of drug-likeness (QED) is 0.794. The molecule has 1 heterocycles. The average molecular weight is 279 g/mol. The van der Waals surface area contributed by atoms with Gasteiger partial charge in [0.05, 0.1) is 0 Å². The predicted molar refractivity (Wildman–Crippen MR) is 83.6 cm³/mol. The van der Waals surface area contributed by atoms with Crippen molar-refractivity contribution in [3.8, 4) is 11.8 Å². The topological polar surface area (TPSA) is 47.0 Å². The van der Waals surface area contributed by atoms with Crippen LogP contribution in [0.1, 0.15) is 11.3 Å². The number of aromatic nitrogens is 2. The molecule has 1 aromatic heterocycles. The maximum absolute atomic E-state index is 5.76. The summed E-state index contributed by atoms with van der Waals surface area (Å²) in [5.74, 6) is 0.745. The normalized spacial score (nSPS) is 10.8. The number of ether oxygens (including phenoxy) is 1. The molecule has 3 aromatic rings. The van der Waals surface area contributed by atoms with Gasteiger partial charge in [0.2, 0.25) is 0 Å². The Bertz CT molecular complexity index is 771. The first-order valence-electron chi connectivity index (χ1n) is 6.90. The number of nitrogens with zero attached hydrogens (tertiary/aromatic N) is 2. The van der Waals surface area contributed by atoms with E-state index >= 15 is 0 Å². The summed E-state index contributed by atoms with van der Waals surface area (Å²) in [6.07, 6.45) is 1.80. The summed E-state index contributed by atoms with van der Waals surface area (Å²) in [4.78, 5) is 8.65. The minimum Gasteiger partial charge on any atom is -0.424 e. The Morgan fingerprint density at radius 3 is 2.67 bits per heavy atom. The zero-order valence-corrected chi connectivity index (χ0v) is 12.1. The van der Waals surface area contributed by atoms with Crippen molar-refractivity contribution in [3.63, 3.8) is 0 Å². The summed E-state index contributed by atoms with van der Waals surface area (Å²) in [7, 11) is 1.90. The lowest BCUT2D eigenvalue weighted by atomic mass is 10.1. The van der Waals surface area contributed by atoms with Crippen molar-refractivity contribution in [2.75, 3.05) is 7.05 Å². The molecule has 4 heteroatoms. The van der Waals surface area contributed by atoms with Gasteiger partial charge in [-0.25, -0.2) is 4.98 Å². The van der Waals surface area contributed by atoms with Gasteiger partial charge in [-0.3, -0.25) is 0 Å². The van der Waals surface area contributed by atoms with Crippen LogP contribution in [0.2, 0.25) is 0 Å². The Morgan fingerprint density at radius 1 is 1.10 bits per heavy atom. The zero-order chi connectivity index (χ0) is 14.7. The second kappa shape index (κ2) is 5.89. The van der Waals surface area contributed by atoms with Crippen molar-refractivity contribution >= 4 is 10.8 Å². The highest BCUT2D eigenvalue weighted by Gasteiger charge is 2.05. The van der Waals surface area contributed by atoms with Crippen molar-refractivity contribution in [1.29, 1.82) is 0 Å². The SMILES string of the molecule is CNCc1cnc(Oc2ccc3ccccc3c2)nc1C. The highest BCUT2D eigenvalue weighted by molar-refractivity contribution is 5.83. The van der Waals surface area contributed by atoms with Gasteiger partial charge in [0, 0.05) is 24.0 Å². The predicted octanol–water partition coefficient (Wildman–Crippen LogP) is 3.45. The standard InChI is InChI=1S/C17H17N3O/c1-12-15(10-18-2)11-19-17(20-12)21-16-8-7-13-5-3-4-6-14(13)9-16/h3-9,11,18H,10H2,1-2H3. The number of hydrogen-bond acceptors (Lipinski definition) is 4. The summed E-state index contributed by atoms with van der Waals surface area (Å²) < 4.78 is 5.76. The lowest BCUT2D eigenvalue weighted by Crippen LogP contribution is -2.08. The van der Waals surface area contributed by atoms with E-state index in [9.17, 15) is 0 Å². The smallest absolute Gasteiger partial charge is 0.322 e. The molecule has 0 saturated carbocycles. The molecule has 0 fully saturated rings. The molecule has 3 rings (SSSR count). The van der Waals surface area contributed by atoms with Gasteiger partial charge in [-0.15, -0.1) is 0 Å². The fraction of sp³-hybridized carbons (Fsp3) is 0.176. The molecule has 0 aliphatic rings. The lowest BCUT2D eigenvalue weighted by molar-refractivity contribution is 0.440. The molecule has 0 unspecified atom stereocenters. The molecule has 0 aliphatic heterocycles. The fourth-order valence-electron chi connectivity index (χ4n) is 2.22. The van der Waals surface area contributed by atoms with Gasteiger partial charge in [-0.2, -0.15) is 4.98 Å². The van der Waals surface area contributed by atoms with Crippen LogP contribution in [0.15, 0.2) is 48.7 Å². The highest BCUT2D eigenvalue weighted by Crippen LogP contribution is 2.24. The van der Waals surface area contributed by atoms with Crippen LogP contribution in [0.5, 0.6) is 11.8 Å². The van der Waals surface area contributed by atoms with Gasteiger partial charge in [0.1, 0.15) is 5.75 Å². The average Bonchev–Trinajstić information content (AvgIpc) is 2.50. The first-order chi connectivity index (χ1) is 10.3. The van der Waals surface area contributed by atoms with E-state index in [-0.39, 0.29) is 0 Å². The van der Waals surface area contributed by atoms with E-state index in [4.69, 9.17) is 4.74 Å². The second-order valence-electron chi connectivity index (χ2n) is 4.90. The van der Waals surface area contributed by atoms with Gasteiger partial charge < -0.3 is 10.1 Å². The monoisotopic (exact) mass is 279 g/mol. The first-order valence-corrected chi connectivity index (χ1v) is 6.90. The number of rotatable bonds is 4. The number of fused-ring (bicyclic) bond motifs is 1. The van der Waals surface area contributed by atoms with Crippen LogP contribution in [0, 0.1) is 6.92 Å². The van der Waals surface area contributed by atoms with E-state index in [0.717, 1.165) is 28.9 Å². The molecule has 0 spiro atoms. The van der Waals surface area contributed by atoms with E-state index < -0.39 is 0 Å². The number of hydrogen-bond donors (Lipinski definition) is 1. The summed E-state index contributed by atoms with van der Waals surface area (Å²) >= 11 is 0. The van der Waals surface area contributed by atoms with Gasteiger partial charge in [-0.05, 0) is 36.9 Å². The minimum atomic E-state index is 0.377. The number of nitrogens with one attached hydrogen (secondary N) is 1. The number of aryl methyl sites for hydroxylation is 1. The Hall–Kier alpha value is -2.46. The molecule has 0 aliphatic carbocycles. The summed E-state index contributed by atoms with van der Waals surface area (Å²) in [6, 6.07) is 14.5. The van der Waals surface area contributed by atoms with E-state index in [1.807, 2.05) is 44.3 Å². The molecule has 0 atom stereocenters. The van der Waals surface area contributed by atoms with Crippen molar-refractivity contribution in [1.82, 2.24) is 15.3 Å². The van der Waals surface area contributed by atoms with Gasteiger partial charge in [0.15, 0.2) is 0 Å². The molecular formula is C17H17N3O. The molecular weight excluding hydrogens is 262 g/mol. The van der Waals surface area contributed by atoms with Crippen molar-refractivity contribution in [2.24, 2.45) is 0 Å². The van der Waals surface area contributed by atoms with Crippen LogP contribution in [0.25, 0.3) is 10.8 Å². The molecule has 2 aromatic carbocycles. The summed E-state index contributed by atoms with van der Waals surface area (Å²) in [5, 5.41) is 5.42. The van der Waals surface area contributed by atoms with E-state index in [1.54, 1.807) is 6.20 Å². The maximum atomic E-state index is 5.76. The Balaban J connectivity index is 1.86. The van der Waals surface area contributed by atoms with Gasteiger partial charge in [-0.1, -0.05) is 30.3 Å². The van der Waals surface area contributed by atoms with Gasteiger partial charge >= 0.3 is 6.01 Å².